The SMILES string of the molecule is CC(C)(C)c1ccc(N2c3cc4c(cc3B3c5sc6cc7c(cc6c5N(c5ccc6c(c5)C(C)(C)CCC6(C)C)c5cc(C68CC9CCCC(C6)C9C8)cc2c53)C(C)(C)CCC7(C)C)C(C)(C)CCC4(C)C)c(-c2ccccc2)c1. The van der Waals surface area contributed by atoms with Gasteiger partial charge in [-0.05, 0) is 234 Å². The van der Waals surface area contributed by atoms with Crippen molar-refractivity contribution in [3.63, 3.8) is 0 Å². The van der Waals surface area contributed by atoms with E-state index in [0.717, 1.165) is 17.8 Å². The van der Waals surface area contributed by atoms with E-state index in [2.05, 4.69) is 228 Å². The zero-order chi connectivity index (χ0) is 55.8. The summed E-state index contributed by atoms with van der Waals surface area (Å²) < 4.78 is 2.97. The Labute approximate surface area is 485 Å². The van der Waals surface area contributed by atoms with E-state index in [-0.39, 0.29) is 50.0 Å². The van der Waals surface area contributed by atoms with Crippen LogP contribution in [0.3, 0.4) is 0 Å². The molecule has 1 aromatic heterocycles. The Morgan fingerprint density at radius 2 is 1.05 bits per heavy atom. The van der Waals surface area contributed by atoms with E-state index in [9.17, 15) is 0 Å². The largest absolute Gasteiger partial charge is 0.311 e. The fraction of sp³-hybridized carbons (Fsp3) is 0.500. The summed E-state index contributed by atoms with van der Waals surface area (Å²) in [5.41, 5.74) is 26.8. The molecule has 8 aliphatic rings. The summed E-state index contributed by atoms with van der Waals surface area (Å²) in [6, 6.07) is 43.5. The van der Waals surface area contributed by atoms with Crippen LogP contribution in [-0.4, -0.2) is 6.71 Å². The molecule has 2 aliphatic heterocycles. The summed E-state index contributed by atoms with van der Waals surface area (Å²) in [5.74, 6) is 2.56. The molecule has 3 fully saturated rings. The molecule has 4 heteroatoms. The average Bonchev–Trinajstić information content (AvgIpc) is 4.25. The third-order valence-electron chi connectivity index (χ3n) is 23.8. The Morgan fingerprint density at radius 1 is 0.500 bits per heavy atom. The van der Waals surface area contributed by atoms with Gasteiger partial charge in [-0.2, -0.15) is 0 Å². The Kier molecular flexibility index (Phi) is 10.7. The van der Waals surface area contributed by atoms with Crippen LogP contribution in [0.15, 0.2) is 103 Å². The normalized spacial score (nSPS) is 26.3. The van der Waals surface area contributed by atoms with Crippen LogP contribution in [0.1, 0.15) is 225 Å². The van der Waals surface area contributed by atoms with Crippen molar-refractivity contribution in [3.8, 4) is 11.1 Å². The topological polar surface area (TPSA) is 6.48 Å². The van der Waals surface area contributed by atoms with Gasteiger partial charge in [-0.1, -0.05) is 172 Å². The van der Waals surface area contributed by atoms with Gasteiger partial charge in [-0.25, -0.2) is 0 Å². The number of hydrogen-bond acceptors (Lipinski definition) is 3. The second-order valence-corrected chi connectivity index (χ2v) is 33.7. The van der Waals surface area contributed by atoms with E-state index in [0.29, 0.717) is 0 Å². The summed E-state index contributed by atoms with van der Waals surface area (Å²) in [6.07, 6.45) is 15.5. The number of hydrogen-bond donors (Lipinski definition) is 0. The third kappa shape index (κ3) is 7.33. The lowest BCUT2D eigenvalue weighted by Gasteiger charge is -2.48. The molecule has 0 saturated heterocycles. The fourth-order valence-electron chi connectivity index (χ4n) is 18.6. The van der Waals surface area contributed by atoms with Crippen LogP contribution in [0.5, 0.6) is 0 Å². The summed E-state index contributed by atoms with van der Waals surface area (Å²) in [6.45, 7) is 37.6. The first kappa shape index (κ1) is 51.8. The monoisotopic (exact) mass is 1070 g/mol. The van der Waals surface area contributed by atoms with E-state index in [4.69, 9.17) is 0 Å². The number of nitrogens with zero attached hydrogens (tertiary/aromatic N) is 2. The Balaban J connectivity index is 1.11. The molecular formula is C76H89BN2S. The van der Waals surface area contributed by atoms with Gasteiger partial charge in [-0.3, -0.25) is 0 Å². The summed E-state index contributed by atoms with van der Waals surface area (Å²) in [4.78, 5) is 5.76. The first-order chi connectivity index (χ1) is 37.7. The van der Waals surface area contributed by atoms with Gasteiger partial charge in [0.15, 0.2) is 0 Å². The summed E-state index contributed by atoms with van der Waals surface area (Å²) in [7, 11) is 0. The number of benzene rings is 6. The third-order valence-corrected chi connectivity index (χ3v) is 25.0. The van der Waals surface area contributed by atoms with Gasteiger partial charge in [0.2, 0.25) is 0 Å². The maximum absolute atomic E-state index is 2.90. The molecule has 2 unspecified atom stereocenters. The fourth-order valence-corrected chi connectivity index (χ4v) is 19.9. The number of rotatable bonds is 4. The van der Waals surface area contributed by atoms with Gasteiger partial charge in [0, 0.05) is 43.2 Å². The zero-order valence-corrected chi connectivity index (χ0v) is 52.2. The molecule has 0 spiro atoms. The first-order valence-corrected chi connectivity index (χ1v) is 32.4. The minimum Gasteiger partial charge on any atom is -0.311 e. The van der Waals surface area contributed by atoms with Crippen molar-refractivity contribution in [2.45, 2.75) is 224 Å². The average molecular weight is 1070 g/mol. The van der Waals surface area contributed by atoms with Gasteiger partial charge in [0.05, 0.1) is 11.4 Å². The zero-order valence-electron chi connectivity index (χ0n) is 51.4. The lowest BCUT2D eigenvalue weighted by Crippen LogP contribution is -2.61. The van der Waals surface area contributed by atoms with Gasteiger partial charge in [0.1, 0.15) is 0 Å². The van der Waals surface area contributed by atoms with Gasteiger partial charge >= 0.3 is 0 Å². The molecule has 0 radical (unpaired) electrons. The highest BCUT2D eigenvalue weighted by atomic mass is 32.1. The molecule has 3 saturated carbocycles. The molecule has 0 amide bonds. The standard InChI is InChI=1S/C76H89BN2S/c1-69(2,3)48-24-27-61(51(34-48)45-20-17-16-18-21-45)79-62-40-58-57(73(10,11)31-32-74(58,12)13)39-60(62)77-66-63(35-49(36-64(66)79)76-42-46-22-19-23-47(43-76)53(46)44-76)78(50-25-26-54-55(37-50)71(6,7)29-28-70(54,4)5)67-52-38-56-59(41-65(52)80-68(67)77)75(14,15)33-30-72(56,8)9/h16-18,20-21,24-27,34-41,46-47,53H,19,22-23,28-33,42-44H2,1-15H3. The van der Waals surface area contributed by atoms with E-state index < -0.39 is 0 Å². The lowest BCUT2D eigenvalue weighted by atomic mass is 9.35. The Bertz CT molecular complexity index is 3760. The molecule has 7 aromatic rings. The molecule has 0 N–H and O–H groups in total. The predicted octanol–water partition coefficient (Wildman–Crippen LogP) is 19.5. The van der Waals surface area contributed by atoms with Crippen molar-refractivity contribution in [2.75, 3.05) is 9.80 Å². The molecule has 2 nitrogen and oxygen atoms in total. The van der Waals surface area contributed by atoms with Crippen LogP contribution in [0.25, 0.3) is 21.2 Å². The summed E-state index contributed by atoms with van der Waals surface area (Å²) >= 11 is 2.13. The molecule has 80 heavy (non-hydrogen) atoms. The molecular weight excluding hydrogens is 984 g/mol. The second kappa shape index (κ2) is 16.6. The first-order valence-electron chi connectivity index (χ1n) is 31.6. The number of fused-ring (bicyclic) bond motifs is 10. The number of thiophene rings is 1. The van der Waals surface area contributed by atoms with Crippen LogP contribution in [0.2, 0.25) is 0 Å². The van der Waals surface area contributed by atoms with Crippen LogP contribution >= 0.6 is 11.3 Å². The Hall–Kier alpha value is -5.06. The minimum absolute atomic E-state index is 0.0141. The molecule has 6 aromatic carbocycles. The van der Waals surface area contributed by atoms with Crippen LogP contribution in [0.4, 0.5) is 34.1 Å². The molecule has 3 heterocycles. The van der Waals surface area contributed by atoms with E-state index in [1.54, 1.807) is 22.3 Å². The molecule has 6 aliphatic carbocycles. The van der Waals surface area contributed by atoms with Crippen molar-refractivity contribution in [3.05, 3.63) is 148 Å². The van der Waals surface area contributed by atoms with Crippen molar-refractivity contribution in [2.24, 2.45) is 17.8 Å². The van der Waals surface area contributed by atoms with Crippen molar-refractivity contribution in [1.82, 2.24) is 0 Å². The van der Waals surface area contributed by atoms with E-state index >= 15 is 0 Å². The van der Waals surface area contributed by atoms with Crippen LogP contribution in [0, 0.1) is 17.8 Å². The Morgan fingerprint density at radius 3 is 1.65 bits per heavy atom. The lowest BCUT2D eigenvalue weighted by molar-refractivity contribution is 0.154. The van der Waals surface area contributed by atoms with Crippen molar-refractivity contribution < 1.29 is 0 Å². The predicted molar refractivity (Wildman–Crippen MR) is 346 cm³/mol. The highest BCUT2D eigenvalue weighted by Gasteiger charge is 2.58. The maximum Gasteiger partial charge on any atom is 0.264 e. The highest BCUT2D eigenvalue weighted by Crippen LogP contribution is 2.66. The van der Waals surface area contributed by atoms with E-state index in [1.165, 1.54) is 170 Å². The second-order valence-electron chi connectivity index (χ2n) is 32.6. The van der Waals surface area contributed by atoms with Gasteiger partial charge < -0.3 is 9.80 Å². The van der Waals surface area contributed by atoms with Crippen molar-refractivity contribution >= 4 is 78.0 Å². The molecule has 2 bridgehead atoms. The highest BCUT2D eigenvalue weighted by molar-refractivity contribution is 7.33. The number of anilines is 6. The smallest absolute Gasteiger partial charge is 0.264 e. The molecule has 15 rings (SSSR count). The summed E-state index contributed by atoms with van der Waals surface area (Å²) in [5, 5.41) is 1.45. The van der Waals surface area contributed by atoms with Crippen molar-refractivity contribution in [1.29, 1.82) is 0 Å². The molecule has 412 valence electrons. The van der Waals surface area contributed by atoms with Crippen LogP contribution < -0.4 is 25.5 Å². The minimum atomic E-state index is -0.0141. The van der Waals surface area contributed by atoms with Gasteiger partial charge in [-0.15, -0.1) is 11.3 Å². The van der Waals surface area contributed by atoms with E-state index in [1.807, 2.05) is 0 Å². The molecule has 2 atom stereocenters. The maximum atomic E-state index is 2.90. The van der Waals surface area contributed by atoms with Gasteiger partial charge in [0.25, 0.3) is 6.71 Å². The van der Waals surface area contributed by atoms with Crippen LogP contribution in [-0.2, 0) is 43.3 Å². The quantitative estimate of drug-likeness (QED) is 0.162.